The summed E-state index contributed by atoms with van der Waals surface area (Å²) >= 11 is 17.4. The normalized spacial score (nSPS) is 21.9. The molecule has 1 saturated heterocycles. The minimum absolute atomic E-state index is 0.0129. The second kappa shape index (κ2) is 18.5. The first-order valence-electron chi connectivity index (χ1n) is 14.8. The number of nitrogens with one attached hydrogen (secondary N) is 2. The Balaban J connectivity index is 1.68. The molecule has 0 saturated carbocycles. The van der Waals surface area contributed by atoms with Crippen LogP contribution in [0.25, 0.3) is 0 Å². The van der Waals surface area contributed by atoms with E-state index in [1.165, 1.54) is 0 Å². The van der Waals surface area contributed by atoms with Crippen LogP contribution in [0.5, 0.6) is 0 Å². The highest BCUT2D eigenvalue weighted by atomic mass is 35.6. The molecule has 0 aromatic heterocycles. The lowest BCUT2D eigenvalue weighted by atomic mass is 9.94. The molecule has 0 radical (unpaired) electrons. The number of hydrogen-bond acceptors (Lipinski definition) is 9. The van der Waals surface area contributed by atoms with Gasteiger partial charge in [0.2, 0.25) is 3.79 Å². The third-order valence-electron chi connectivity index (χ3n) is 7.15. The molecule has 1 aliphatic rings. The van der Waals surface area contributed by atoms with Crippen molar-refractivity contribution in [2.24, 2.45) is 0 Å². The molecule has 3 aromatic rings. The fourth-order valence-electron chi connectivity index (χ4n) is 4.90. The molecule has 3 aromatic carbocycles. The second-order valence-electron chi connectivity index (χ2n) is 10.7. The van der Waals surface area contributed by atoms with Gasteiger partial charge < -0.3 is 39.2 Å². The number of alkyl halides is 3. The van der Waals surface area contributed by atoms with Crippen LogP contribution in [0.3, 0.4) is 0 Å². The lowest BCUT2D eigenvalue weighted by molar-refractivity contribution is -0.239. The summed E-state index contributed by atoms with van der Waals surface area (Å²) in [5.41, 5.74) is 2.63. The van der Waals surface area contributed by atoms with Gasteiger partial charge in [-0.2, -0.15) is 0 Å². The Morgan fingerprint density at radius 3 is 1.81 bits per heavy atom. The third kappa shape index (κ3) is 12.2. The minimum atomic E-state index is -1.88. The fraction of sp³-hybridized carbons (Fsp3) is 0.394. The molecule has 1 heterocycles. The summed E-state index contributed by atoms with van der Waals surface area (Å²) in [6, 6.07) is 25.7. The van der Waals surface area contributed by atoms with Crippen molar-refractivity contribution in [2.45, 2.75) is 60.2 Å². The van der Waals surface area contributed by atoms with Crippen LogP contribution in [-0.4, -0.2) is 82.5 Å². The molecule has 4 rings (SSSR count). The van der Waals surface area contributed by atoms with E-state index in [9.17, 15) is 19.8 Å². The van der Waals surface area contributed by atoms with Gasteiger partial charge in [-0.25, -0.2) is 4.79 Å². The molecule has 1 amide bonds. The Morgan fingerprint density at radius 1 is 0.809 bits per heavy atom. The van der Waals surface area contributed by atoms with Crippen LogP contribution in [0.1, 0.15) is 16.7 Å². The number of aliphatic hydroxyl groups excluding tert-OH is 1. The minimum Gasteiger partial charge on any atom is -0.480 e. The number of ether oxygens (including phenoxy) is 5. The van der Waals surface area contributed by atoms with Gasteiger partial charge in [-0.15, -0.1) is 0 Å². The van der Waals surface area contributed by atoms with Crippen LogP contribution < -0.4 is 10.6 Å². The monoisotopic (exact) mass is 710 g/mol. The number of amides is 1. The Morgan fingerprint density at radius 2 is 1.32 bits per heavy atom. The van der Waals surface area contributed by atoms with Gasteiger partial charge in [-0.05, 0) is 16.7 Å². The van der Waals surface area contributed by atoms with E-state index in [1.807, 2.05) is 91.0 Å². The molecule has 47 heavy (non-hydrogen) atoms. The van der Waals surface area contributed by atoms with Crippen LogP contribution in [0.4, 0.5) is 4.79 Å². The van der Waals surface area contributed by atoms with Crippen molar-refractivity contribution >= 4 is 46.9 Å². The molecule has 0 aliphatic carbocycles. The average Bonchev–Trinajstić information content (AvgIpc) is 3.06. The summed E-state index contributed by atoms with van der Waals surface area (Å²) in [6.07, 6.45) is -4.87. The first-order chi connectivity index (χ1) is 22.6. The maximum Gasteiger partial charge on any atom is 0.407 e. The molecular formula is C33H37Cl3N2O9. The number of carboxylic acids is 1. The van der Waals surface area contributed by atoms with E-state index in [-0.39, 0.29) is 26.4 Å². The second-order valence-corrected chi connectivity index (χ2v) is 13.2. The van der Waals surface area contributed by atoms with Crippen LogP contribution in [-0.2, 0) is 48.3 Å². The molecule has 4 N–H and O–H groups in total. The Bertz CT molecular complexity index is 1370. The Labute approximate surface area is 288 Å². The first-order valence-corrected chi connectivity index (χ1v) is 15.9. The number of hydrogen-bond donors (Lipinski definition) is 4. The predicted octanol–water partition coefficient (Wildman–Crippen LogP) is 4.60. The standard InChI is InChI=1S/C33H37Cl3N2O9/c34-33(35,36)21-46-32(42)38-27-29(45-19-24-14-8-3-9-15-24)28(44-18-23-12-6-2-7-13-23)26(20-43-17-22-10-4-1-5-11-22)47-30(27)37-25(16-39)31(40)41/h1-15,25-30,37,39H,16-21H2,(H,38,42)(H,40,41)/t25?,26-,27-,28+,29-,30+/m1/s1. The molecule has 1 fully saturated rings. The van der Waals surface area contributed by atoms with Gasteiger partial charge >= 0.3 is 12.1 Å². The number of carbonyl (C=O) groups excluding carboxylic acids is 1. The fourth-order valence-corrected chi connectivity index (χ4v) is 5.06. The van der Waals surface area contributed by atoms with E-state index in [0.29, 0.717) is 0 Å². The molecule has 0 spiro atoms. The third-order valence-corrected chi connectivity index (χ3v) is 7.48. The Kier molecular flexibility index (Phi) is 14.5. The van der Waals surface area contributed by atoms with Crippen LogP contribution in [0, 0.1) is 0 Å². The van der Waals surface area contributed by atoms with Crippen molar-refractivity contribution in [2.75, 3.05) is 19.8 Å². The molecule has 1 aliphatic heterocycles. The van der Waals surface area contributed by atoms with E-state index >= 15 is 0 Å². The van der Waals surface area contributed by atoms with Gasteiger partial charge in [0.05, 0.1) is 33.0 Å². The molecule has 14 heteroatoms. The topological polar surface area (TPSA) is 145 Å². The van der Waals surface area contributed by atoms with Gasteiger partial charge in [0, 0.05) is 0 Å². The predicted molar refractivity (Wildman–Crippen MR) is 175 cm³/mol. The summed E-state index contributed by atoms with van der Waals surface area (Å²) in [7, 11) is 0. The highest BCUT2D eigenvalue weighted by molar-refractivity contribution is 6.67. The Hall–Kier alpha value is -2.97. The number of alkyl carbamates (subject to hydrolysis) is 1. The number of halogens is 3. The van der Waals surface area contributed by atoms with Crippen molar-refractivity contribution in [1.82, 2.24) is 10.6 Å². The van der Waals surface area contributed by atoms with Crippen molar-refractivity contribution in [3.8, 4) is 0 Å². The number of rotatable bonds is 16. The molecule has 11 nitrogen and oxygen atoms in total. The van der Waals surface area contributed by atoms with Gasteiger partial charge in [0.1, 0.15) is 43.2 Å². The maximum absolute atomic E-state index is 13.0. The lowest BCUT2D eigenvalue weighted by Gasteiger charge is -2.47. The zero-order valence-corrected chi connectivity index (χ0v) is 27.5. The molecular weight excluding hydrogens is 675 g/mol. The quantitative estimate of drug-likeness (QED) is 0.156. The average molecular weight is 712 g/mol. The highest BCUT2D eigenvalue weighted by Crippen LogP contribution is 2.29. The molecule has 0 bridgehead atoms. The smallest absolute Gasteiger partial charge is 0.407 e. The molecule has 6 atom stereocenters. The lowest BCUT2D eigenvalue weighted by Crippen LogP contribution is -2.70. The van der Waals surface area contributed by atoms with Crippen molar-refractivity contribution in [3.63, 3.8) is 0 Å². The van der Waals surface area contributed by atoms with Gasteiger partial charge in [0.15, 0.2) is 0 Å². The SMILES string of the molecule is O=C(N[C@@H]1[C@@H](OCc2ccccc2)[C@@H](OCc2ccccc2)[C@@H](COCc2ccccc2)O[C@@H]1NC(CO)C(=O)O)OCC(Cl)(Cl)Cl. The van der Waals surface area contributed by atoms with E-state index in [2.05, 4.69) is 10.6 Å². The van der Waals surface area contributed by atoms with E-state index in [4.69, 9.17) is 58.5 Å². The van der Waals surface area contributed by atoms with Crippen LogP contribution in [0.15, 0.2) is 91.0 Å². The number of aliphatic hydroxyl groups is 1. The summed E-state index contributed by atoms with van der Waals surface area (Å²) in [5, 5.41) is 25.1. The van der Waals surface area contributed by atoms with Crippen molar-refractivity contribution < 1.29 is 43.5 Å². The maximum atomic E-state index is 13.0. The number of aliphatic carboxylic acids is 1. The van der Waals surface area contributed by atoms with E-state index in [1.54, 1.807) is 0 Å². The van der Waals surface area contributed by atoms with Gasteiger partial charge in [-0.3, -0.25) is 10.1 Å². The molecule has 1 unspecified atom stereocenters. The van der Waals surface area contributed by atoms with E-state index in [0.717, 1.165) is 16.7 Å². The molecule has 254 valence electrons. The number of carboxylic acid groups (broad SMARTS) is 1. The van der Waals surface area contributed by atoms with Crippen molar-refractivity contribution in [3.05, 3.63) is 108 Å². The van der Waals surface area contributed by atoms with Crippen molar-refractivity contribution in [1.29, 1.82) is 0 Å². The van der Waals surface area contributed by atoms with Crippen LogP contribution in [0.2, 0.25) is 0 Å². The van der Waals surface area contributed by atoms with E-state index < -0.39 is 65.7 Å². The number of carbonyl (C=O) groups is 2. The largest absolute Gasteiger partial charge is 0.480 e. The summed E-state index contributed by atoms with van der Waals surface area (Å²) in [5.74, 6) is -1.34. The first kappa shape index (κ1) is 36.9. The summed E-state index contributed by atoms with van der Waals surface area (Å²) < 4.78 is 28.6. The highest BCUT2D eigenvalue weighted by Gasteiger charge is 2.49. The zero-order valence-electron chi connectivity index (χ0n) is 25.3. The van der Waals surface area contributed by atoms with Gasteiger partial charge in [0.25, 0.3) is 0 Å². The summed E-state index contributed by atoms with van der Waals surface area (Å²) in [6.45, 7) is -0.795. The van der Waals surface area contributed by atoms with Crippen LogP contribution >= 0.6 is 34.8 Å². The summed E-state index contributed by atoms with van der Waals surface area (Å²) in [4.78, 5) is 25.0. The van der Waals surface area contributed by atoms with Gasteiger partial charge in [-0.1, -0.05) is 126 Å². The number of benzene rings is 3. The zero-order chi connectivity index (χ0) is 33.6.